The van der Waals surface area contributed by atoms with Crippen molar-refractivity contribution in [2.75, 3.05) is 0 Å². The van der Waals surface area contributed by atoms with E-state index in [4.69, 9.17) is 0 Å². The Morgan fingerprint density at radius 1 is 0.636 bits per heavy atom. The van der Waals surface area contributed by atoms with E-state index < -0.39 is 0 Å². The van der Waals surface area contributed by atoms with E-state index in [9.17, 15) is 20.4 Å². The van der Waals surface area contributed by atoms with Crippen LogP contribution >= 0.6 is 0 Å². The molecule has 0 amide bonds. The Labute approximate surface area is 129 Å². The number of benzene rings is 2. The third-order valence-electron chi connectivity index (χ3n) is 4.62. The standard InChI is InChI=1S/C18H20O4/c19-15-6-4-13(9-17(15)21)11-2-1-3-12(8-11)14-5-7-16(20)18(22)10-14/h4-7,9-12,19-22H,1-3,8H2. The smallest absolute Gasteiger partial charge is 0.157 e. The van der Waals surface area contributed by atoms with Crippen molar-refractivity contribution >= 4 is 0 Å². The summed E-state index contributed by atoms with van der Waals surface area (Å²) in [4.78, 5) is 0. The molecule has 1 saturated carbocycles. The zero-order valence-corrected chi connectivity index (χ0v) is 12.2. The van der Waals surface area contributed by atoms with Crippen LogP contribution in [0.15, 0.2) is 36.4 Å². The molecule has 0 heterocycles. The quantitative estimate of drug-likeness (QED) is 0.633. The first kappa shape index (κ1) is 14.6. The van der Waals surface area contributed by atoms with Crippen LogP contribution in [0.1, 0.15) is 48.6 Å². The molecule has 1 aliphatic carbocycles. The SMILES string of the molecule is Oc1ccc(C2CCCC(c3ccc(O)c(O)c3)C2)cc1O. The lowest BCUT2D eigenvalue weighted by Crippen LogP contribution is -2.13. The van der Waals surface area contributed by atoms with Gasteiger partial charge >= 0.3 is 0 Å². The fourth-order valence-corrected chi connectivity index (χ4v) is 3.38. The molecule has 0 radical (unpaired) electrons. The molecule has 0 aliphatic heterocycles. The highest BCUT2D eigenvalue weighted by molar-refractivity contribution is 5.43. The lowest BCUT2D eigenvalue weighted by atomic mass is 9.75. The van der Waals surface area contributed by atoms with Gasteiger partial charge in [0, 0.05) is 0 Å². The predicted molar refractivity (Wildman–Crippen MR) is 83.5 cm³/mol. The van der Waals surface area contributed by atoms with Gasteiger partial charge in [-0.1, -0.05) is 18.6 Å². The summed E-state index contributed by atoms with van der Waals surface area (Å²) in [5.41, 5.74) is 2.06. The Morgan fingerprint density at radius 3 is 1.50 bits per heavy atom. The Bertz CT molecular complexity index is 623. The average Bonchev–Trinajstić information content (AvgIpc) is 2.53. The first-order chi connectivity index (χ1) is 10.5. The molecule has 4 N–H and O–H groups in total. The largest absolute Gasteiger partial charge is 0.504 e. The molecule has 116 valence electrons. The van der Waals surface area contributed by atoms with E-state index >= 15 is 0 Å². The third-order valence-corrected chi connectivity index (χ3v) is 4.62. The summed E-state index contributed by atoms with van der Waals surface area (Å²) in [7, 11) is 0. The van der Waals surface area contributed by atoms with Gasteiger partial charge in [-0.05, 0) is 66.5 Å². The number of hydrogen-bond acceptors (Lipinski definition) is 4. The van der Waals surface area contributed by atoms with E-state index in [2.05, 4.69) is 0 Å². The van der Waals surface area contributed by atoms with Crippen LogP contribution in [0.3, 0.4) is 0 Å². The molecule has 0 aromatic heterocycles. The van der Waals surface area contributed by atoms with Crippen molar-refractivity contribution in [3.63, 3.8) is 0 Å². The van der Waals surface area contributed by atoms with E-state index in [1.165, 1.54) is 12.1 Å². The zero-order valence-electron chi connectivity index (χ0n) is 12.2. The van der Waals surface area contributed by atoms with Gasteiger partial charge in [-0.3, -0.25) is 0 Å². The van der Waals surface area contributed by atoms with Crippen LogP contribution in [0.25, 0.3) is 0 Å². The number of hydrogen-bond donors (Lipinski definition) is 4. The second-order valence-electron chi connectivity index (χ2n) is 6.06. The van der Waals surface area contributed by atoms with Crippen molar-refractivity contribution in [1.82, 2.24) is 0 Å². The minimum absolute atomic E-state index is 0.0816. The van der Waals surface area contributed by atoms with E-state index in [1.807, 2.05) is 12.1 Å². The minimum Gasteiger partial charge on any atom is -0.504 e. The van der Waals surface area contributed by atoms with Gasteiger partial charge in [0.1, 0.15) is 0 Å². The molecule has 22 heavy (non-hydrogen) atoms. The van der Waals surface area contributed by atoms with Gasteiger partial charge in [-0.25, -0.2) is 0 Å². The van der Waals surface area contributed by atoms with Crippen LogP contribution < -0.4 is 0 Å². The Morgan fingerprint density at radius 2 is 1.09 bits per heavy atom. The highest BCUT2D eigenvalue weighted by Crippen LogP contribution is 2.43. The van der Waals surface area contributed by atoms with Crippen molar-refractivity contribution in [3.8, 4) is 23.0 Å². The summed E-state index contributed by atoms with van der Waals surface area (Å²) in [6, 6.07) is 10.0. The van der Waals surface area contributed by atoms with Gasteiger partial charge in [-0.2, -0.15) is 0 Å². The lowest BCUT2D eigenvalue weighted by Gasteiger charge is -2.30. The van der Waals surface area contributed by atoms with Crippen molar-refractivity contribution in [2.24, 2.45) is 0 Å². The summed E-state index contributed by atoms with van der Waals surface area (Å²) in [6.45, 7) is 0. The van der Waals surface area contributed by atoms with Crippen LogP contribution in [0, 0.1) is 0 Å². The molecule has 2 aromatic rings. The molecular formula is C18H20O4. The highest BCUT2D eigenvalue weighted by atomic mass is 16.3. The van der Waals surface area contributed by atoms with Gasteiger partial charge in [0.2, 0.25) is 0 Å². The Kier molecular flexibility index (Phi) is 3.84. The number of rotatable bonds is 2. The van der Waals surface area contributed by atoms with Gasteiger partial charge in [0.15, 0.2) is 23.0 Å². The minimum atomic E-state index is -0.0976. The molecule has 1 aliphatic rings. The van der Waals surface area contributed by atoms with E-state index in [-0.39, 0.29) is 23.0 Å². The second kappa shape index (κ2) is 5.79. The third kappa shape index (κ3) is 2.82. The van der Waals surface area contributed by atoms with Crippen LogP contribution in [-0.2, 0) is 0 Å². The first-order valence-electron chi connectivity index (χ1n) is 7.58. The Hall–Kier alpha value is -2.36. The number of aromatic hydroxyl groups is 4. The highest BCUT2D eigenvalue weighted by Gasteiger charge is 2.25. The van der Waals surface area contributed by atoms with Crippen molar-refractivity contribution in [1.29, 1.82) is 0 Å². The molecule has 2 aromatic carbocycles. The summed E-state index contributed by atoms with van der Waals surface area (Å²) in [5, 5.41) is 38.2. The van der Waals surface area contributed by atoms with Gasteiger partial charge < -0.3 is 20.4 Å². The molecule has 0 saturated heterocycles. The van der Waals surface area contributed by atoms with Crippen molar-refractivity contribution < 1.29 is 20.4 Å². The summed E-state index contributed by atoms with van der Waals surface area (Å²) in [5.74, 6) is 0.283. The first-order valence-corrected chi connectivity index (χ1v) is 7.58. The van der Waals surface area contributed by atoms with Crippen molar-refractivity contribution in [2.45, 2.75) is 37.5 Å². The molecule has 2 atom stereocenters. The van der Waals surface area contributed by atoms with E-state index in [0.717, 1.165) is 36.8 Å². The van der Waals surface area contributed by atoms with Crippen LogP contribution in [0.4, 0.5) is 0 Å². The van der Waals surface area contributed by atoms with E-state index in [1.54, 1.807) is 12.1 Å². The summed E-state index contributed by atoms with van der Waals surface area (Å²) >= 11 is 0. The second-order valence-corrected chi connectivity index (χ2v) is 6.06. The maximum Gasteiger partial charge on any atom is 0.157 e. The summed E-state index contributed by atoms with van der Waals surface area (Å²) < 4.78 is 0. The molecule has 3 rings (SSSR count). The fraction of sp³-hybridized carbons (Fsp3) is 0.333. The van der Waals surface area contributed by atoms with Gasteiger partial charge in [0.25, 0.3) is 0 Å². The van der Waals surface area contributed by atoms with Gasteiger partial charge in [0.05, 0.1) is 0 Å². The maximum absolute atomic E-state index is 9.67. The molecule has 4 heteroatoms. The number of phenols is 4. The molecule has 1 fully saturated rings. The van der Waals surface area contributed by atoms with Crippen LogP contribution in [0.2, 0.25) is 0 Å². The summed E-state index contributed by atoms with van der Waals surface area (Å²) in [6.07, 6.45) is 4.09. The maximum atomic E-state index is 9.67. The lowest BCUT2D eigenvalue weighted by molar-refractivity contribution is 0.380. The molecule has 2 unspecified atom stereocenters. The zero-order chi connectivity index (χ0) is 15.7. The Balaban J connectivity index is 1.81. The average molecular weight is 300 g/mol. The molecule has 0 bridgehead atoms. The fourth-order valence-electron chi connectivity index (χ4n) is 3.38. The monoisotopic (exact) mass is 300 g/mol. The number of phenolic OH excluding ortho intramolecular Hbond substituents is 4. The topological polar surface area (TPSA) is 80.9 Å². The van der Waals surface area contributed by atoms with Crippen LogP contribution in [0.5, 0.6) is 23.0 Å². The van der Waals surface area contributed by atoms with Crippen LogP contribution in [-0.4, -0.2) is 20.4 Å². The van der Waals surface area contributed by atoms with Gasteiger partial charge in [-0.15, -0.1) is 0 Å². The van der Waals surface area contributed by atoms with Crippen molar-refractivity contribution in [3.05, 3.63) is 47.5 Å². The molecule has 4 nitrogen and oxygen atoms in total. The van der Waals surface area contributed by atoms with E-state index in [0.29, 0.717) is 11.8 Å². The predicted octanol–water partition coefficient (Wildman–Crippen LogP) is 3.95. The molecule has 0 spiro atoms. The normalized spacial score (nSPS) is 21.6. The molecular weight excluding hydrogens is 280 g/mol.